The Morgan fingerprint density at radius 1 is 0.758 bits per heavy atom. The van der Waals surface area contributed by atoms with Crippen molar-refractivity contribution in [3.8, 4) is 5.75 Å². The second-order valence-electron chi connectivity index (χ2n) is 9.53. The molecule has 0 atom stereocenters. The van der Waals surface area contributed by atoms with Crippen LogP contribution in [0.2, 0.25) is 0 Å². The molecule has 4 rings (SSSR count). The summed E-state index contributed by atoms with van der Waals surface area (Å²) in [6.07, 6.45) is 4.55. The largest absolute Gasteiger partial charge is 0.429 e. The molecular formula is C27H29F5O. The van der Waals surface area contributed by atoms with Crippen LogP contribution in [0.5, 0.6) is 5.75 Å². The van der Waals surface area contributed by atoms with Crippen LogP contribution in [0.1, 0.15) is 80.9 Å². The van der Waals surface area contributed by atoms with E-state index in [0.717, 1.165) is 37.8 Å². The minimum atomic E-state index is -4.07. The van der Waals surface area contributed by atoms with Crippen LogP contribution in [0.3, 0.4) is 0 Å². The summed E-state index contributed by atoms with van der Waals surface area (Å²) < 4.78 is 75.8. The van der Waals surface area contributed by atoms with Crippen molar-refractivity contribution in [3.05, 3.63) is 76.3 Å². The maximum Gasteiger partial charge on any atom is 0.429 e. The Morgan fingerprint density at radius 2 is 1.33 bits per heavy atom. The predicted octanol–water partition coefficient (Wildman–Crippen LogP) is 8.56. The van der Waals surface area contributed by atoms with Crippen molar-refractivity contribution in [2.45, 2.75) is 77.2 Å². The summed E-state index contributed by atoms with van der Waals surface area (Å²) in [7, 11) is 0. The van der Waals surface area contributed by atoms with Crippen LogP contribution in [0.15, 0.2) is 30.3 Å². The number of hydrogen-bond acceptors (Lipinski definition) is 1. The lowest BCUT2D eigenvalue weighted by atomic mass is 9.68. The maximum atomic E-state index is 14.7. The Balaban J connectivity index is 1.41. The maximum absolute atomic E-state index is 14.7. The third-order valence-electron chi connectivity index (χ3n) is 7.32. The van der Waals surface area contributed by atoms with Gasteiger partial charge in [0.1, 0.15) is 23.2 Å². The van der Waals surface area contributed by atoms with Crippen molar-refractivity contribution >= 4 is 0 Å². The Kier molecular flexibility index (Phi) is 7.01. The van der Waals surface area contributed by atoms with Crippen LogP contribution in [0.25, 0.3) is 0 Å². The van der Waals surface area contributed by atoms with E-state index in [0.29, 0.717) is 23.6 Å². The number of rotatable bonds is 5. The van der Waals surface area contributed by atoms with Crippen molar-refractivity contribution < 1.29 is 26.7 Å². The first-order valence-electron chi connectivity index (χ1n) is 11.6. The van der Waals surface area contributed by atoms with Crippen molar-refractivity contribution in [1.82, 2.24) is 0 Å². The number of alkyl halides is 2. The van der Waals surface area contributed by atoms with E-state index < -0.39 is 34.9 Å². The molecule has 1 nitrogen and oxygen atoms in total. The molecule has 2 aromatic carbocycles. The van der Waals surface area contributed by atoms with Gasteiger partial charge in [-0.2, -0.15) is 8.78 Å². The Labute approximate surface area is 192 Å². The van der Waals surface area contributed by atoms with E-state index in [-0.39, 0.29) is 11.5 Å². The van der Waals surface area contributed by atoms with Crippen LogP contribution in [0.4, 0.5) is 22.0 Å². The van der Waals surface area contributed by atoms with Crippen LogP contribution in [-0.4, -0.2) is 0 Å². The fraction of sp³-hybridized carbons (Fsp3) is 0.481. The minimum Gasteiger partial charge on any atom is -0.429 e. The Bertz CT molecular complexity index is 949. The van der Waals surface area contributed by atoms with E-state index >= 15 is 0 Å². The minimum absolute atomic E-state index is 0.129. The average Bonchev–Trinajstić information content (AvgIpc) is 2.77. The third-order valence-corrected chi connectivity index (χ3v) is 7.32. The van der Waals surface area contributed by atoms with E-state index in [1.54, 1.807) is 11.8 Å². The first-order valence-corrected chi connectivity index (χ1v) is 11.6. The van der Waals surface area contributed by atoms with Gasteiger partial charge in [-0.1, -0.05) is 13.0 Å². The predicted molar refractivity (Wildman–Crippen MR) is 117 cm³/mol. The molecule has 0 amide bonds. The molecule has 178 valence electrons. The van der Waals surface area contributed by atoms with E-state index in [9.17, 15) is 22.0 Å². The van der Waals surface area contributed by atoms with Gasteiger partial charge in [0.05, 0.1) is 5.56 Å². The number of hydrogen-bond donors (Lipinski definition) is 0. The van der Waals surface area contributed by atoms with E-state index in [1.807, 2.05) is 0 Å². The molecule has 0 aliphatic heterocycles. The SMILES string of the molecule is C[C]1CCC([C]2CCC(c3ccc(C(F)(F)Oc4cc(F)c(C)c(F)c4)c(F)c3)CC2)CC1. The van der Waals surface area contributed by atoms with E-state index in [4.69, 9.17) is 0 Å². The van der Waals surface area contributed by atoms with Crippen molar-refractivity contribution in [2.75, 3.05) is 0 Å². The highest BCUT2D eigenvalue weighted by Crippen LogP contribution is 2.46. The molecule has 2 fully saturated rings. The summed E-state index contributed by atoms with van der Waals surface area (Å²) >= 11 is 0. The molecule has 0 aromatic heterocycles. The molecule has 0 spiro atoms. The van der Waals surface area contributed by atoms with Gasteiger partial charge in [-0.25, -0.2) is 13.2 Å². The molecule has 0 saturated heterocycles. The van der Waals surface area contributed by atoms with Crippen LogP contribution < -0.4 is 4.74 Å². The lowest BCUT2D eigenvalue weighted by Crippen LogP contribution is -2.24. The fourth-order valence-electron chi connectivity index (χ4n) is 5.15. The second-order valence-corrected chi connectivity index (χ2v) is 9.53. The molecule has 2 aromatic rings. The van der Waals surface area contributed by atoms with Gasteiger partial charge < -0.3 is 4.74 Å². The lowest BCUT2D eigenvalue weighted by Gasteiger charge is -2.37. The van der Waals surface area contributed by atoms with Gasteiger partial charge in [-0.3, -0.25) is 0 Å². The first kappa shape index (κ1) is 24.0. The zero-order valence-electron chi connectivity index (χ0n) is 19.0. The molecule has 33 heavy (non-hydrogen) atoms. The van der Waals surface area contributed by atoms with Crippen molar-refractivity contribution in [2.24, 2.45) is 5.92 Å². The topological polar surface area (TPSA) is 9.23 Å². The molecule has 0 unspecified atom stereocenters. The second kappa shape index (κ2) is 9.63. The molecule has 2 aliphatic rings. The smallest absolute Gasteiger partial charge is 0.429 e. The zero-order chi connectivity index (χ0) is 23.8. The standard InChI is InChI=1S/C27H29F5O/c1-16-3-5-18(6-4-16)19-7-9-20(10-8-19)21-11-12-23(26(30)13-21)27(31,32)33-22-14-24(28)17(2)25(29)15-22/h11-15,18,20H,3-10H2,1-2H3. The Hall–Kier alpha value is -2.11. The van der Waals surface area contributed by atoms with Gasteiger partial charge in [-0.05, 0) is 99.7 Å². The highest BCUT2D eigenvalue weighted by Gasteiger charge is 2.39. The molecule has 2 aliphatic carbocycles. The molecule has 0 heterocycles. The van der Waals surface area contributed by atoms with Gasteiger partial charge >= 0.3 is 6.11 Å². The van der Waals surface area contributed by atoms with Gasteiger partial charge in [0.25, 0.3) is 0 Å². The molecule has 0 bridgehead atoms. The monoisotopic (exact) mass is 464 g/mol. The van der Waals surface area contributed by atoms with Gasteiger partial charge in [-0.15, -0.1) is 0 Å². The third kappa shape index (κ3) is 5.36. The zero-order valence-corrected chi connectivity index (χ0v) is 19.0. The van der Waals surface area contributed by atoms with Gasteiger partial charge in [0.2, 0.25) is 0 Å². The summed E-state index contributed by atoms with van der Waals surface area (Å²) in [6.45, 7) is 3.41. The van der Waals surface area contributed by atoms with Crippen molar-refractivity contribution in [3.63, 3.8) is 0 Å². The summed E-state index contributed by atoms with van der Waals surface area (Å²) in [4.78, 5) is 0. The highest BCUT2D eigenvalue weighted by molar-refractivity contribution is 5.33. The highest BCUT2D eigenvalue weighted by atomic mass is 19.3. The molecule has 6 heteroatoms. The van der Waals surface area contributed by atoms with Crippen LogP contribution in [-0.2, 0) is 6.11 Å². The molecule has 0 N–H and O–H groups in total. The van der Waals surface area contributed by atoms with E-state index in [2.05, 4.69) is 11.7 Å². The molecule has 2 saturated carbocycles. The first-order chi connectivity index (χ1) is 15.6. The van der Waals surface area contributed by atoms with Gasteiger partial charge in [0, 0.05) is 17.7 Å². The quantitative estimate of drug-likeness (QED) is 0.403. The fourth-order valence-corrected chi connectivity index (χ4v) is 5.15. The summed E-state index contributed by atoms with van der Waals surface area (Å²) in [6, 6.07) is 5.02. The van der Waals surface area contributed by atoms with Crippen LogP contribution >= 0.6 is 0 Å². The van der Waals surface area contributed by atoms with Gasteiger partial charge in [0.15, 0.2) is 0 Å². The normalized spacial score (nSPS) is 19.7. The summed E-state index contributed by atoms with van der Waals surface area (Å²) in [5, 5.41) is 0. The average molecular weight is 465 g/mol. The lowest BCUT2D eigenvalue weighted by molar-refractivity contribution is -0.187. The number of halogens is 5. The molecular weight excluding hydrogens is 435 g/mol. The summed E-state index contributed by atoms with van der Waals surface area (Å²) in [5.41, 5.74) is -0.554. The number of benzene rings is 2. The van der Waals surface area contributed by atoms with Crippen LogP contribution in [0, 0.1) is 42.1 Å². The molecule has 2 radical (unpaired) electrons. The number of ether oxygens (including phenoxy) is 1. The van der Waals surface area contributed by atoms with E-state index in [1.165, 1.54) is 38.7 Å². The Morgan fingerprint density at radius 3 is 1.91 bits per heavy atom. The summed E-state index contributed by atoms with van der Waals surface area (Å²) in [5.74, 6) is 0.194. The van der Waals surface area contributed by atoms with Crippen molar-refractivity contribution in [1.29, 1.82) is 0 Å².